The normalized spacial score (nSPS) is 10.6. The Labute approximate surface area is 148 Å². The molecule has 0 aliphatic carbocycles. The second-order valence-electron chi connectivity index (χ2n) is 5.24. The number of ketones is 1. The van der Waals surface area contributed by atoms with Crippen LogP contribution >= 0.6 is 23.2 Å². The van der Waals surface area contributed by atoms with Crippen LogP contribution in [-0.2, 0) is 0 Å². The molecule has 1 N–H and O–H groups in total. The maximum atomic E-state index is 12.6. The predicted molar refractivity (Wildman–Crippen MR) is 96.2 cm³/mol. The number of pyridine rings is 1. The molecule has 3 rings (SSSR count). The second-order valence-corrected chi connectivity index (χ2v) is 6.08. The van der Waals surface area contributed by atoms with Gasteiger partial charge in [-0.2, -0.15) is 0 Å². The van der Waals surface area contributed by atoms with Crippen molar-refractivity contribution in [2.24, 2.45) is 0 Å². The van der Waals surface area contributed by atoms with Crippen molar-refractivity contribution in [2.45, 2.75) is 6.92 Å². The van der Waals surface area contributed by atoms with Crippen molar-refractivity contribution in [1.82, 2.24) is 4.98 Å². The second kappa shape index (κ2) is 6.59. The van der Waals surface area contributed by atoms with E-state index in [1.807, 2.05) is 0 Å². The lowest BCUT2D eigenvalue weighted by molar-refractivity contribution is 0.101. The van der Waals surface area contributed by atoms with Gasteiger partial charge in [-0.05, 0) is 42.6 Å². The van der Waals surface area contributed by atoms with Gasteiger partial charge in [0.25, 0.3) is 5.91 Å². The lowest BCUT2D eigenvalue weighted by Crippen LogP contribution is -2.14. The average molecular weight is 359 g/mol. The molecular formula is C18H12Cl2N2O2. The molecule has 0 bridgehead atoms. The van der Waals surface area contributed by atoms with Crippen molar-refractivity contribution in [2.75, 3.05) is 5.32 Å². The zero-order valence-electron chi connectivity index (χ0n) is 12.6. The minimum Gasteiger partial charge on any atom is -0.321 e. The number of carbonyl (C=O) groups is 2. The van der Waals surface area contributed by atoms with Crippen LogP contribution in [0.1, 0.15) is 27.8 Å². The fourth-order valence-corrected chi connectivity index (χ4v) is 3.01. The smallest absolute Gasteiger partial charge is 0.274 e. The molecule has 3 aromatic rings. The molecule has 0 fully saturated rings. The Morgan fingerprint density at radius 3 is 2.62 bits per heavy atom. The number of halogens is 2. The zero-order valence-corrected chi connectivity index (χ0v) is 14.2. The van der Waals surface area contributed by atoms with Gasteiger partial charge in [-0.3, -0.25) is 14.6 Å². The number of aromatic nitrogens is 1. The zero-order chi connectivity index (χ0) is 17.3. The Kier molecular flexibility index (Phi) is 4.51. The summed E-state index contributed by atoms with van der Waals surface area (Å²) in [6.07, 6.45) is 1.52. The van der Waals surface area contributed by atoms with Crippen LogP contribution in [-0.4, -0.2) is 16.7 Å². The lowest BCUT2D eigenvalue weighted by Gasteiger charge is -2.09. The highest BCUT2D eigenvalue weighted by Gasteiger charge is 2.15. The third-order valence-corrected chi connectivity index (χ3v) is 4.04. The van der Waals surface area contributed by atoms with Gasteiger partial charge in [0, 0.05) is 27.9 Å². The molecule has 0 atom stereocenters. The number of Topliss-reactive ketones (excluding diaryl/α,β-unsaturated/α-hetero) is 1. The quantitative estimate of drug-likeness (QED) is 0.670. The Hall–Kier alpha value is -2.43. The van der Waals surface area contributed by atoms with Crippen molar-refractivity contribution in [1.29, 1.82) is 0 Å². The Morgan fingerprint density at radius 2 is 1.88 bits per heavy atom. The van der Waals surface area contributed by atoms with Gasteiger partial charge in [0.05, 0.1) is 5.02 Å². The summed E-state index contributed by atoms with van der Waals surface area (Å²) in [5.74, 6) is -0.488. The van der Waals surface area contributed by atoms with E-state index in [0.29, 0.717) is 26.7 Å². The maximum Gasteiger partial charge on any atom is 0.274 e. The van der Waals surface area contributed by atoms with Gasteiger partial charge < -0.3 is 5.32 Å². The summed E-state index contributed by atoms with van der Waals surface area (Å²) in [6, 6.07) is 11.7. The number of hydrogen-bond acceptors (Lipinski definition) is 3. The van der Waals surface area contributed by atoms with Crippen LogP contribution in [0, 0.1) is 0 Å². The van der Waals surface area contributed by atoms with E-state index < -0.39 is 5.91 Å². The fraction of sp³-hybridized carbons (Fsp3) is 0.0556. The topological polar surface area (TPSA) is 59.1 Å². The number of carbonyl (C=O) groups excluding carboxylic acids is 2. The first-order valence-electron chi connectivity index (χ1n) is 7.12. The van der Waals surface area contributed by atoms with E-state index in [-0.39, 0.29) is 11.5 Å². The maximum absolute atomic E-state index is 12.6. The number of hydrogen-bond donors (Lipinski definition) is 1. The Morgan fingerprint density at radius 1 is 1.08 bits per heavy atom. The van der Waals surface area contributed by atoms with Crippen LogP contribution in [0.2, 0.25) is 10.0 Å². The highest BCUT2D eigenvalue weighted by atomic mass is 35.5. The standard InChI is InChI=1S/C18H12Cl2N2O2/c1-10(23)11-3-2-4-14(8-11)22-18(24)17-16-12(5-6-21-17)7-13(19)9-15(16)20/h2-9H,1H3,(H,22,24). The number of amides is 1. The molecule has 2 aromatic carbocycles. The van der Waals surface area contributed by atoms with Crippen molar-refractivity contribution < 1.29 is 9.59 Å². The van der Waals surface area contributed by atoms with Crippen LogP contribution in [0.25, 0.3) is 10.8 Å². The van der Waals surface area contributed by atoms with Crippen molar-refractivity contribution >= 4 is 51.4 Å². The molecule has 0 unspecified atom stereocenters. The van der Waals surface area contributed by atoms with Crippen LogP contribution in [0.5, 0.6) is 0 Å². The third-order valence-electron chi connectivity index (χ3n) is 3.52. The van der Waals surface area contributed by atoms with Gasteiger partial charge in [-0.25, -0.2) is 0 Å². The summed E-state index contributed by atoms with van der Waals surface area (Å²) in [5.41, 5.74) is 1.22. The summed E-state index contributed by atoms with van der Waals surface area (Å²) in [6.45, 7) is 1.47. The molecule has 0 spiro atoms. The minimum atomic E-state index is -0.412. The summed E-state index contributed by atoms with van der Waals surface area (Å²) in [5, 5.41) is 4.84. The first kappa shape index (κ1) is 16.4. The number of benzene rings is 2. The third kappa shape index (κ3) is 3.25. The highest BCUT2D eigenvalue weighted by Crippen LogP contribution is 2.30. The van der Waals surface area contributed by atoms with Crippen molar-refractivity contribution in [3.05, 3.63) is 70.0 Å². The molecule has 24 heavy (non-hydrogen) atoms. The van der Waals surface area contributed by atoms with Crippen LogP contribution in [0.15, 0.2) is 48.7 Å². The lowest BCUT2D eigenvalue weighted by atomic mass is 10.1. The number of nitrogens with zero attached hydrogens (tertiary/aromatic N) is 1. The molecule has 0 aliphatic heterocycles. The molecule has 6 heteroatoms. The first-order valence-corrected chi connectivity index (χ1v) is 7.87. The van der Waals surface area contributed by atoms with E-state index >= 15 is 0 Å². The van der Waals surface area contributed by atoms with E-state index in [1.165, 1.54) is 13.1 Å². The van der Waals surface area contributed by atoms with Gasteiger partial charge in [-0.1, -0.05) is 35.3 Å². The predicted octanol–water partition coefficient (Wildman–Crippen LogP) is 5.00. The molecule has 0 saturated heterocycles. The molecular weight excluding hydrogens is 347 g/mol. The molecule has 1 amide bonds. The summed E-state index contributed by atoms with van der Waals surface area (Å²) >= 11 is 12.2. The number of nitrogens with one attached hydrogen (secondary N) is 1. The molecule has 4 nitrogen and oxygen atoms in total. The van der Waals surface area contributed by atoms with Crippen molar-refractivity contribution in [3.63, 3.8) is 0 Å². The van der Waals surface area contributed by atoms with E-state index in [2.05, 4.69) is 10.3 Å². The largest absolute Gasteiger partial charge is 0.321 e. The molecule has 0 saturated carbocycles. The van der Waals surface area contributed by atoms with Gasteiger partial charge in [0.2, 0.25) is 0 Å². The highest BCUT2D eigenvalue weighted by molar-refractivity contribution is 6.39. The van der Waals surface area contributed by atoms with Gasteiger partial charge in [0.15, 0.2) is 5.78 Å². The van der Waals surface area contributed by atoms with Crippen molar-refractivity contribution in [3.8, 4) is 0 Å². The fourth-order valence-electron chi connectivity index (χ4n) is 2.41. The molecule has 120 valence electrons. The molecule has 1 heterocycles. The summed E-state index contributed by atoms with van der Waals surface area (Å²) in [7, 11) is 0. The SMILES string of the molecule is CC(=O)c1cccc(NC(=O)c2nccc3cc(Cl)cc(Cl)c23)c1. The van der Waals surface area contributed by atoms with Crippen LogP contribution in [0.3, 0.4) is 0 Å². The van der Waals surface area contributed by atoms with Crippen LogP contribution in [0.4, 0.5) is 5.69 Å². The summed E-state index contributed by atoms with van der Waals surface area (Å²) in [4.78, 5) is 28.2. The Bertz CT molecular complexity index is 970. The Balaban J connectivity index is 2.01. The van der Waals surface area contributed by atoms with Gasteiger partial charge in [0.1, 0.15) is 5.69 Å². The minimum absolute atomic E-state index is 0.0768. The number of rotatable bonds is 3. The molecule has 0 radical (unpaired) electrons. The molecule has 0 aliphatic rings. The number of anilines is 1. The van der Waals surface area contributed by atoms with E-state index in [0.717, 1.165) is 5.39 Å². The summed E-state index contributed by atoms with van der Waals surface area (Å²) < 4.78 is 0. The van der Waals surface area contributed by atoms with Gasteiger partial charge in [-0.15, -0.1) is 0 Å². The van der Waals surface area contributed by atoms with E-state index in [4.69, 9.17) is 23.2 Å². The van der Waals surface area contributed by atoms with E-state index in [9.17, 15) is 9.59 Å². The average Bonchev–Trinajstić information content (AvgIpc) is 2.54. The molecule has 1 aromatic heterocycles. The van der Waals surface area contributed by atoms with Gasteiger partial charge >= 0.3 is 0 Å². The monoisotopic (exact) mass is 358 g/mol. The van der Waals surface area contributed by atoms with Crippen LogP contribution < -0.4 is 5.32 Å². The number of fused-ring (bicyclic) bond motifs is 1. The first-order chi connectivity index (χ1) is 11.5. The van der Waals surface area contributed by atoms with E-state index in [1.54, 1.807) is 42.5 Å².